The first-order valence-corrected chi connectivity index (χ1v) is 11.0. The van der Waals surface area contributed by atoms with Crippen molar-refractivity contribution in [2.24, 2.45) is 0 Å². The summed E-state index contributed by atoms with van der Waals surface area (Å²) in [7, 11) is -0.922. The van der Waals surface area contributed by atoms with Gasteiger partial charge < -0.3 is 19.5 Å². The molecule has 0 heterocycles. The molecule has 30 heavy (non-hydrogen) atoms. The summed E-state index contributed by atoms with van der Waals surface area (Å²) < 4.78 is 42.4. The maximum Gasteiger partial charge on any atom is 0.243 e. The van der Waals surface area contributed by atoms with Crippen LogP contribution in [0.2, 0.25) is 0 Å². The number of rotatable bonds is 11. The van der Waals surface area contributed by atoms with Crippen LogP contribution in [0.4, 0.5) is 0 Å². The predicted molar refractivity (Wildman–Crippen MR) is 113 cm³/mol. The van der Waals surface area contributed by atoms with Crippen molar-refractivity contribution in [3.63, 3.8) is 0 Å². The van der Waals surface area contributed by atoms with Crippen molar-refractivity contribution in [3.8, 4) is 17.2 Å². The molecule has 2 aromatic carbocycles. The van der Waals surface area contributed by atoms with E-state index in [0.29, 0.717) is 30.5 Å². The van der Waals surface area contributed by atoms with E-state index in [4.69, 9.17) is 14.2 Å². The largest absolute Gasteiger partial charge is 0.497 e. The van der Waals surface area contributed by atoms with Crippen LogP contribution in [0.1, 0.15) is 19.4 Å². The third kappa shape index (κ3) is 6.11. The monoisotopic (exact) mass is 436 g/mol. The number of nitrogens with zero attached hydrogens (tertiary/aromatic N) is 1. The number of benzene rings is 2. The number of hydrogen-bond donors (Lipinski definition) is 1. The topological polar surface area (TPSA) is 94.2 Å². The van der Waals surface area contributed by atoms with E-state index in [2.05, 4.69) is 5.32 Å². The predicted octanol–water partition coefficient (Wildman–Crippen LogP) is 2.43. The number of carbonyl (C=O) groups excluding carboxylic acids is 1. The van der Waals surface area contributed by atoms with Gasteiger partial charge in [0.05, 0.1) is 31.8 Å². The molecule has 0 aromatic heterocycles. The zero-order valence-corrected chi connectivity index (χ0v) is 18.5. The molecule has 2 rings (SSSR count). The second-order valence-electron chi connectivity index (χ2n) is 6.36. The number of hydrogen-bond acceptors (Lipinski definition) is 6. The number of methoxy groups -OCH3 is 1. The maximum absolute atomic E-state index is 12.6. The zero-order chi connectivity index (χ0) is 22.1. The first-order valence-electron chi connectivity index (χ1n) is 9.57. The van der Waals surface area contributed by atoms with Gasteiger partial charge >= 0.3 is 0 Å². The van der Waals surface area contributed by atoms with Crippen LogP contribution in [0.25, 0.3) is 0 Å². The molecule has 0 aliphatic rings. The fraction of sp³-hybridized carbons (Fsp3) is 0.381. The van der Waals surface area contributed by atoms with E-state index in [1.165, 1.54) is 26.3 Å². The van der Waals surface area contributed by atoms with Gasteiger partial charge in [-0.25, -0.2) is 8.42 Å². The lowest BCUT2D eigenvalue weighted by Gasteiger charge is -2.17. The van der Waals surface area contributed by atoms with E-state index >= 15 is 0 Å². The number of likely N-dealkylation sites (N-methyl/N-ethyl adjacent to an activating group) is 1. The Kier molecular flexibility index (Phi) is 8.49. The Bertz CT molecular complexity index is 944. The molecule has 9 heteroatoms. The molecule has 0 saturated heterocycles. The Morgan fingerprint density at radius 1 is 1.00 bits per heavy atom. The fourth-order valence-corrected chi connectivity index (χ4v) is 3.80. The van der Waals surface area contributed by atoms with Crippen molar-refractivity contribution in [3.05, 3.63) is 48.0 Å². The Morgan fingerprint density at radius 2 is 1.63 bits per heavy atom. The minimum atomic E-state index is -3.79. The van der Waals surface area contributed by atoms with Crippen LogP contribution < -0.4 is 19.5 Å². The molecule has 8 nitrogen and oxygen atoms in total. The summed E-state index contributed by atoms with van der Waals surface area (Å²) in [4.78, 5) is 12.4. The van der Waals surface area contributed by atoms with E-state index in [1.54, 1.807) is 24.3 Å². The molecule has 1 N–H and O–H groups in total. The normalized spacial score (nSPS) is 11.2. The molecule has 2 aromatic rings. The minimum absolute atomic E-state index is 0.0893. The third-order valence-corrected chi connectivity index (χ3v) is 6.05. The van der Waals surface area contributed by atoms with Gasteiger partial charge in [-0.15, -0.1) is 0 Å². The Labute approximate surface area is 177 Å². The summed E-state index contributed by atoms with van der Waals surface area (Å²) in [6.45, 7) is 4.71. The summed E-state index contributed by atoms with van der Waals surface area (Å²) in [6.07, 6.45) is 0. The van der Waals surface area contributed by atoms with Crippen LogP contribution in [0.3, 0.4) is 0 Å². The van der Waals surface area contributed by atoms with Crippen molar-refractivity contribution in [1.82, 2.24) is 9.62 Å². The molecule has 0 unspecified atom stereocenters. The highest BCUT2D eigenvalue weighted by Crippen LogP contribution is 2.28. The smallest absolute Gasteiger partial charge is 0.243 e. The lowest BCUT2D eigenvalue weighted by atomic mass is 10.2. The average Bonchev–Trinajstić information content (AvgIpc) is 2.74. The second kappa shape index (κ2) is 10.8. The van der Waals surface area contributed by atoms with Gasteiger partial charge in [-0.2, -0.15) is 4.31 Å². The number of ether oxygens (including phenoxy) is 3. The highest BCUT2D eigenvalue weighted by Gasteiger charge is 2.23. The quantitative estimate of drug-likeness (QED) is 0.581. The maximum atomic E-state index is 12.6. The standard InChI is InChI=1S/C21H28N2O6S/c1-5-28-19-12-7-16(13-20(19)29-6-2)14-22-21(24)15-23(3)30(25,26)18-10-8-17(27-4)9-11-18/h7-13H,5-6,14-15H2,1-4H3,(H,22,24). The molecule has 0 aliphatic heterocycles. The summed E-state index contributed by atoms with van der Waals surface area (Å²) in [5.41, 5.74) is 0.816. The molecule has 0 spiro atoms. The van der Waals surface area contributed by atoms with Gasteiger partial charge in [-0.1, -0.05) is 6.07 Å². The lowest BCUT2D eigenvalue weighted by Crippen LogP contribution is -2.38. The van der Waals surface area contributed by atoms with Crippen LogP contribution in [0, 0.1) is 0 Å². The molecular weight excluding hydrogens is 408 g/mol. The molecule has 0 atom stereocenters. The molecule has 0 bridgehead atoms. The molecular formula is C21H28N2O6S. The molecule has 1 amide bonds. The van der Waals surface area contributed by atoms with Gasteiger partial charge in [-0.05, 0) is 55.8 Å². The van der Waals surface area contributed by atoms with Crippen molar-refractivity contribution in [1.29, 1.82) is 0 Å². The van der Waals surface area contributed by atoms with E-state index in [1.807, 2.05) is 19.9 Å². The summed E-state index contributed by atoms with van der Waals surface area (Å²) in [5, 5.41) is 2.73. The SMILES string of the molecule is CCOc1ccc(CNC(=O)CN(C)S(=O)(=O)c2ccc(OC)cc2)cc1OCC. The van der Waals surface area contributed by atoms with Crippen LogP contribution in [0.15, 0.2) is 47.4 Å². The lowest BCUT2D eigenvalue weighted by molar-refractivity contribution is -0.121. The molecule has 164 valence electrons. The van der Waals surface area contributed by atoms with Crippen LogP contribution >= 0.6 is 0 Å². The molecule has 0 radical (unpaired) electrons. The number of nitrogens with one attached hydrogen (secondary N) is 1. The van der Waals surface area contributed by atoms with Crippen molar-refractivity contribution in [2.45, 2.75) is 25.3 Å². The minimum Gasteiger partial charge on any atom is -0.497 e. The second-order valence-corrected chi connectivity index (χ2v) is 8.41. The first kappa shape index (κ1) is 23.5. The van der Waals surface area contributed by atoms with Gasteiger partial charge in [0.1, 0.15) is 5.75 Å². The Hall–Kier alpha value is -2.78. The average molecular weight is 437 g/mol. The molecule has 0 saturated carbocycles. The summed E-state index contributed by atoms with van der Waals surface area (Å²) in [6, 6.07) is 11.4. The van der Waals surface area contributed by atoms with Crippen LogP contribution in [-0.4, -0.2) is 52.5 Å². The van der Waals surface area contributed by atoms with E-state index in [9.17, 15) is 13.2 Å². The number of carbonyl (C=O) groups is 1. The highest BCUT2D eigenvalue weighted by atomic mass is 32.2. The van der Waals surface area contributed by atoms with Crippen LogP contribution in [0.5, 0.6) is 17.2 Å². The Morgan fingerprint density at radius 3 is 2.23 bits per heavy atom. The van der Waals surface area contributed by atoms with Gasteiger partial charge in [-0.3, -0.25) is 4.79 Å². The molecule has 0 fully saturated rings. The van der Waals surface area contributed by atoms with Gasteiger partial charge in [0.25, 0.3) is 0 Å². The fourth-order valence-electron chi connectivity index (χ4n) is 2.68. The van der Waals surface area contributed by atoms with Gasteiger partial charge in [0.2, 0.25) is 15.9 Å². The third-order valence-electron chi connectivity index (χ3n) is 4.23. The first-order chi connectivity index (χ1) is 14.3. The van der Waals surface area contributed by atoms with Crippen molar-refractivity contribution < 1.29 is 27.4 Å². The zero-order valence-electron chi connectivity index (χ0n) is 17.7. The van der Waals surface area contributed by atoms with E-state index in [-0.39, 0.29) is 18.0 Å². The van der Waals surface area contributed by atoms with Crippen LogP contribution in [-0.2, 0) is 21.4 Å². The highest BCUT2D eigenvalue weighted by molar-refractivity contribution is 7.89. The molecule has 0 aliphatic carbocycles. The number of amides is 1. The van der Waals surface area contributed by atoms with Crippen molar-refractivity contribution >= 4 is 15.9 Å². The Balaban J connectivity index is 1.98. The van der Waals surface area contributed by atoms with Gasteiger partial charge in [0.15, 0.2) is 11.5 Å². The van der Waals surface area contributed by atoms with E-state index in [0.717, 1.165) is 9.87 Å². The summed E-state index contributed by atoms with van der Waals surface area (Å²) >= 11 is 0. The van der Waals surface area contributed by atoms with Crippen molar-refractivity contribution in [2.75, 3.05) is 33.9 Å². The van der Waals surface area contributed by atoms with Gasteiger partial charge in [0, 0.05) is 13.6 Å². The van der Waals surface area contributed by atoms with E-state index < -0.39 is 15.9 Å². The summed E-state index contributed by atoms with van der Waals surface area (Å²) in [5.74, 6) is 1.38. The number of sulfonamides is 1.